The monoisotopic (exact) mass is 655 g/mol. The number of thiazole rings is 1. The number of carbonyl (C=O) groups is 2. The average Bonchev–Trinajstić information content (AvgIpc) is 3.34. The van der Waals surface area contributed by atoms with Gasteiger partial charge in [0.2, 0.25) is 0 Å². The van der Waals surface area contributed by atoms with Crippen LogP contribution in [0.4, 0.5) is 26.3 Å². The van der Waals surface area contributed by atoms with Crippen LogP contribution in [0, 0.1) is 0 Å². The van der Waals surface area contributed by atoms with Crippen LogP contribution in [0.3, 0.4) is 0 Å². The van der Waals surface area contributed by atoms with Crippen LogP contribution in [0.25, 0.3) is 10.2 Å². The lowest BCUT2D eigenvalue weighted by molar-refractivity contribution is -0.205. The molecule has 0 aliphatic heterocycles. The van der Waals surface area contributed by atoms with E-state index in [1.54, 1.807) is 11.8 Å². The standard InChI is InChI=1S/C26H27F6N3O6S2/c27-25(28,29)22(36)40-18-8-7-16(21-20(18)35-24(38)43-21)19(41-23(37)26(30,31)32)13-34-9-12-42-11-4-10-39-14-17(33)15-5-2-1-3-6-15/h1-3,5-8,17,19,34H,4,9-14,33H2,(H,35,38)/t17-,19+/m1/s1. The molecule has 0 fully saturated rings. The van der Waals surface area contributed by atoms with Crippen molar-refractivity contribution >= 4 is 45.3 Å². The maximum absolute atomic E-state index is 13.0. The van der Waals surface area contributed by atoms with Crippen molar-refractivity contribution in [2.24, 2.45) is 5.73 Å². The Labute approximate surface area is 249 Å². The molecule has 0 aliphatic rings. The van der Waals surface area contributed by atoms with Crippen LogP contribution in [-0.2, 0) is 19.1 Å². The molecule has 0 amide bonds. The lowest BCUT2D eigenvalue weighted by atomic mass is 10.1. The van der Waals surface area contributed by atoms with Gasteiger partial charge in [0.25, 0.3) is 0 Å². The predicted octanol–water partition coefficient (Wildman–Crippen LogP) is 4.63. The number of ether oxygens (including phenoxy) is 3. The first-order valence-corrected chi connectivity index (χ1v) is 14.6. The molecule has 0 aliphatic carbocycles. The second-order valence-corrected chi connectivity index (χ2v) is 11.1. The number of rotatable bonds is 15. The summed E-state index contributed by atoms with van der Waals surface area (Å²) in [4.78, 5) is 36.3. The zero-order chi connectivity index (χ0) is 31.6. The molecule has 0 unspecified atom stereocenters. The number of alkyl halides is 6. The molecule has 2 aromatic carbocycles. The molecule has 0 saturated carbocycles. The summed E-state index contributed by atoms with van der Waals surface area (Å²) in [7, 11) is 0. The van der Waals surface area contributed by atoms with Crippen LogP contribution in [0.2, 0.25) is 0 Å². The second-order valence-electron chi connectivity index (χ2n) is 8.91. The molecule has 236 valence electrons. The minimum atomic E-state index is -5.34. The Kier molecular flexibility index (Phi) is 12.4. The largest absolute Gasteiger partial charge is 0.491 e. The summed E-state index contributed by atoms with van der Waals surface area (Å²) in [6, 6.07) is 11.2. The number of thioether (sulfide) groups is 1. The van der Waals surface area contributed by atoms with E-state index in [2.05, 4.69) is 19.8 Å². The fourth-order valence-electron chi connectivity index (χ4n) is 3.69. The number of hydrogen-bond donors (Lipinski definition) is 3. The average molecular weight is 656 g/mol. The second kappa shape index (κ2) is 15.6. The molecule has 0 saturated heterocycles. The van der Waals surface area contributed by atoms with Gasteiger partial charge in [0.05, 0.1) is 17.3 Å². The number of aromatic nitrogens is 1. The van der Waals surface area contributed by atoms with Gasteiger partial charge in [0.15, 0.2) is 5.75 Å². The number of benzene rings is 2. The van der Waals surface area contributed by atoms with Crippen LogP contribution in [0.5, 0.6) is 5.75 Å². The third-order valence-corrected chi connectivity index (χ3v) is 7.69. The highest BCUT2D eigenvalue weighted by Gasteiger charge is 2.43. The summed E-state index contributed by atoms with van der Waals surface area (Å²) in [5.74, 6) is -4.46. The van der Waals surface area contributed by atoms with E-state index in [1.165, 1.54) is 0 Å². The van der Waals surface area contributed by atoms with Gasteiger partial charge in [0, 0.05) is 31.0 Å². The van der Waals surface area contributed by atoms with Crippen molar-refractivity contribution in [3.63, 3.8) is 0 Å². The Morgan fingerprint density at radius 1 is 1.00 bits per heavy atom. The van der Waals surface area contributed by atoms with E-state index < -0.39 is 41.0 Å². The highest BCUT2D eigenvalue weighted by molar-refractivity contribution is 7.99. The smallest absolute Gasteiger partial charge is 0.449 e. The van der Waals surface area contributed by atoms with Crippen LogP contribution in [0.15, 0.2) is 47.3 Å². The molecule has 0 bridgehead atoms. The molecule has 9 nitrogen and oxygen atoms in total. The Bertz CT molecular complexity index is 1410. The number of H-pyrrole nitrogens is 1. The van der Waals surface area contributed by atoms with Gasteiger partial charge in [-0.05, 0) is 29.9 Å². The number of aromatic amines is 1. The Balaban J connectivity index is 1.55. The van der Waals surface area contributed by atoms with Gasteiger partial charge >= 0.3 is 29.2 Å². The molecule has 17 heteroatoms. The van der Waals surface area contributed by atoms with Crippen molar-refractivity contribution in [1.82, 2.24) is 10.3 Å². The van der Waals surface area contributed by atoms with E-state index in [9.17, 15) is 40.7 Å². The molecule has 2 atom stereocenters. The predicted molar refractivity (Wildman–Crippen MR) is 148 cm³/mol. The first-order valence-electron chi connectivity index (χ1n) is 12.7. The highest BCUT2D eigenvalue weighted by atomic mass is 32.2. The van der Waals surface area contributed by atoms with E-state index in [-0.39, 0.29) is 28.4 Å². The minimum Gasteiger partial charge on any atom is -0.449 e. The topological polar surface area (TPSA) is 133 Å². The number of nitrogens with two attached hydrogens (primary N) is 1. The Hall–Kier alpha value is -3.12. The van der Waals surface area contributed by atoms with E-state index in [0.29, 0.717) is 36.8 Å². The maximum Gasteiger partial charge on any atom is 0.491 e. The molecule has 4 N–H and O–H groups in total. The molecule has 3 aromatic rings. The van der Waals surface area contributed by atoms with E-state index in [4.69, 9.17) is 10.5 Å². The fourth-order valence-corrected chi connectivity index (χ4v) is 5.41. The Morgan fingerprint density at radius 2 is 1.70 bits per heavy atom. The van der Waals surface area contributed by atoms with E-state index in [1.807, 2.05) is 30.3 Å². The SMILES string of the molecule is N[C@H](COCCCSCCNC[C@H](OC(=O)C(F)(F)F)c1ccc(OC(=O)C(F)(F)F)c2[nH]c(=O)sc12)c1ccccc1. The van der Waals surface area contributed by atoms with Gasteiger partial charge in [-0.1, -0.05) is 41.7 Å². The van der Waals surface area contributed by atoms with Crippen molar-refractivity contribution in [3.05, 3.63) is 63.3 Å². The molecule has 43 heavy (non-hydrogen) atoms. The first kappa shape index (κ1) is 34.4. The van der Waals surface area contributed by atoms with Crippen molar-refractivity contribution < 1.29 is 50.1 Å². The number of halogens is 6. The van der Waals surface area contributed by atoms with Gasteiger partial charge in [0.1, 0.15) is 11.6 Å². The summed E-state index contributed by atoms with van der Waals surface area (Å²) in [5, 5.41) is 2.88. The van der Waals surface area contributed by atoms with E-state index >= 15 is 0 Å². The lowest BCUT2D eigenvalue weighted by Crippen LogP contribution is -2.32. The third-order valence-electron chi connectivity index (χ3n) is 5.69. The number of hydrogen-bond acceptors (Lipinski definition) is 10. The van der Waals surface area contributed by atoms with Crippen LogP contribution < -0.4 is 20.7 Å². The van der Waals surface area contributed by atoms with Gasteiger partial charge in [-0.3, -0.25) is 4.79 Å². The molecule has 0 spiro atoms. The molecule has 3 rings (SSSR count). The summed E-state index contributed by atoms with van der Waals surface area (Å²) < 4.78 is 91.4. The first-order chi connectivity index (χ1) is 20.3. The zero-order valence-electron chi connectivity index (χ0n) is 22.3. The molecule has 1 heterocycles. The summed E-state index contributed by atoms with van der Waals surface area (Å²) in [5.41, 5.74) is 6.58. The maximum atomic E-state index is 13.0. The van der Waals surface area contributed by atoms with Crippen molar-refractivity contribution in [3.8, 4) is 5.75 Å². The number of nitrogens with one attached hydrogen (secondary N) is 2. The van der Waals surface area contributed by atoms with Gasteiger partial charge in [-0.2, -0.15) is 38.1 Å². The molecule has 0 radical (unpaired) electrons. The number of esters is 2. The fraction of sp³-hybridized carbons (Fsp3) is 0.423. The quantitative estimate of drug-likeness (QED) is 0.0928. The normalized spacial score (nSPS) is 13.6. The lowest BCUT2D eigenvalue weighted by Gasteiger charge is -2.21. The third kappa shape index (κ3) is 10.5. The van der Waals surface area contributed by atoms with Crippen molar-refractivity contribution in [1.29, 1.82) is 0 Å². The Morgan fingerprint density at radius 3 is 2.37 bits per heavy atom. The summed E-state index contributed by atoms with van der Waals surface area (Å²) >= 11 is 1.98. The summed E-state index contributed by atoms with van der Waals surface area (Å²) in [6.07, 6.45) is -11.5. The van der Waals surface area contributed by atoms with Crippen LogP contribution >= 0.6 is 23.1 Å². The minimum absolute atomic E-state index is 0.103. The van der Waals surface area contributed by atoms with Gasteiger partial charge in [-0.15, -0.1) is 0 Å². The van der Waals surface area contributed by atoms with Gasteiger partial charge < -0.3 is 30.2 Å². The molecule has 1 aromatic heterocycles. The zero-order valence-corrected chi connectivity index (χ0v) is 23.9. The molecular formula is C26H27F6N3O6S2. The van der Waals surface area contributed by atoms with Crippen molar-refractivity contribution in [2.75, 3.05) is 37.8 Å². The number of fused-ring (bicyclic) bond motifs is 1. The molecular weight excluding hydrogens is 628 g/mol. The van der Waals surface area contributed by atoms with Crippen molar-refractivity contribution in [2.45, 2.75) is 30.9 Å². The van der Waals surface area contributed by atoms with Crippen LogP contribution in [0.1, 0.15) is 29.7 Å². The number of carbonyl (C=O) groups excluding carboxylic acids is 2. The van der Waals surface area contributed by atoms with Gasteiger partial charge in [-0.25, -0.2) is 9.59 Å². The van der Waals surface area contributed by atoms with Crippen LogP contribution in [-0.4, -0.2) is 67.1 Å². The highest BCUT2D eigenvalue weighted by Crippen LogP contribution is 2.35. The van der Waals surface area contributed by atoms with E-state index in [0.717, 1.165) is 29.9 Å². The summed E-state index contributed by atoms with van der Waals surface area (Å²) in [6.45, 7) is 0.841.